The maximum atomic E-state index is 13.2. The van der Waals surface area contributed by atoms with Gasteiger partial charge in [-0.05, 0) is 41.6 Å². The summed E-state index contributed by atoms with van der Waals surface area (Å²) in [5.41, 5.74) is 0.184. The van der Waals surface area contributed by atoms with E-state index in [9.17, 15) is 14.7 Å². The number of Topliss-reactive ketones (excluding diaryl/α,β-unsaturated/α-hetero) is 1. The largest absolute Gasteiger partial charge is 0.375 e. The zero-order chi connectivity index (χ0) is 19.7. The molecule has 2 heterocycles. The lowest BCUT2D eigenvalue weighted by atomic mass is 9.89. The number of ketones is 1. The van der Waals surface area contributed by atoms with Gasteiger partial charge in [0.2, 0.25) is 0 Å². The number of anilines is 1. The highest BCUT2D eigenvalue weighted by atomic mass is 35.5. The van der Waals surface area contributed by atoms with Crippen molar-refractivity contribution in [2.24, 2.45) is 0 Å². The lowest BCUT2D eigenvalue weighted by Gasteiger charge is -2.22. The van der Waals surface area contributed by atoms with Crippen LogP contribution in [0, 0.1) is 0 Å². The van der Waals surface area contributed by atoms with Gasteiger partial charge in [-0.2, -0.15) is 0 Å². The second-order valence-corrected chi connectivity index (χ2v) is 8.18. The average molecular weight is 412 g/mol. The number of nitrogens with zero attached hydrogens (tertiary/aromatic N) is 1. The SMILES string of the molecule is O=C(CC1(O)C(=O)N(CCc2ccccc2)c2ccc(Cl)cc21)c1cccs1. The van der Waals surface area contributed by atoms with Gasteiger partial charge in [0, 0.05) is 17.1 Å². The first-order chi connectivity index (χ1) is 13.5. The summed E-state index contributed by atoms with van der Waals surface area (Å²) in [4.78, 5) is 27.9. The lowest BCUT2D eigenvalue weighted by molar-refractivity contribution is -0.135. The molecule has 0 radical (unpaired) electrons. The molecule has 0 aliphatic carbocycles. The van der Waals surface area contributed by atoms with Crippen LogP contribution in [0.5, 0.6) is 0 Å². The van der Waals surface area contributed by atoms with Gasteiger partial charge in [0.15, 0.2) is 11.4 Å². The van der Waals surface area contributed by atoms with E-state index in [0.29, 0.717) is 34.1 Å². The van der Waals surface area contributed by atoms with Crippen LogP contribution in [0.3, 0.4) is 0 Å². The molecule has 6 heteroatoms. The highest BCUT2D eigenvalue weighted by molar-refractivity contribution is 7.12. The predicted molar refractivity (Wildman–Crippen MR) is 111 cm³/mol. The molecule has 2 aromatic carbocycles. The molecule has 0 bridgehead atoms. The molecule has 1 aliphatic heterocycles. The van der Waals surface area contributed by atoms with Crippen molar-refractivity contribution in [1.82, 2.24) is 0 Å². The van der Waals surface area contributed by atoms with Crippen LogP contribution >= 0.6 is 22.9 Å². The van der Waals surface area contributed by atoms with Crippen LogP contribution in [-0.4, -0.2) is 23.3 Å². The number of fused-ring (bicyclic) bond motifs is 1. The third-order valence-corrected chi connectivity index (χ3v) is 6.12. The van der Waals surface area contributed by atoms with E-state index in [4.69, 9.17) is 11.6 Å². The lowest BCUT2D eigenvalue weighted by Crippen LogP contribution is -2.42. The molecule has 1 unspecified atom stereocenters. The maximum absolute atomic E-state index is 13.2. The van der Waals surface area contributed by atoms with Gasteiger partial charge in [-0.25, -0.2) is 0 Å². The summed E-state index contributed by atoms with van der Waals surface area (Å²) in [6.07, 6.45) is 0.338. The molecule has 0 spiro atoms. The summed E-state index contributed by atoms with van der Waals surface area (Å²) in [6.45, 7) is 0.410. The van der Waals surface area contributed by atoms with Crippen LogP contribution in [0.2, 0.25) is 5.02 Å². The first-order valence-corrected chi connectivity index (χ1v) is 10.2. The van der Waals surface area contributed by atoms with Crippen LogP contribution in [-0.2, 0) is 16.8 Å². The zero-order valence-electron chi connectivity index (χ0n) is 15.0. The van der Waals surface area contributed by atoms with E-state index in [2.05, 4.69) is 0 Å². The van der Waals surface area contributed by atoms with E-state index in [0.717, 1.165) is 5.56 Å². The summed E-state index contributed by atoms with van der Waals surface area (Å²) in [7, 11) is 0. The molecule has 1 N–H and O–H groups in total. The molecular formula is C22H18ClNO3S. The molecule has 1 aromatic heterocycles. The summed E-state index contributed by atoms with van der Waals surface area (Å²) >= 11 is 7.43. The number of benzene rings is 2. The number of rotatable bonds is 6. The van der Waals surface area contributed by atoms with Gasteiger partial charge in [0.05, 0.1) is 17.0 Å². The number of hydrogen-bond acceptors (Lipinski definition) is 4. The van der Waals surface area contributed by atoms with E-state index in [1.54, 1.807) is 40.6 Å². The van der Waals surface area contributed by atoms with Gasteiger partial charge in [0.25, 0.3) is 5.91 Å². The minimum atomic E-state index is -1.90. The van der Waals surface area contributed by atoms with Crippen LogP contribution in [0.1, 0.15) is 27.2 Å². The predicted octanol–water partition coefficient (Wildman–Crippen LogP) is 4.45. The fourth-order valence-corrected chi connectivity index (χ4v) is 4.39. The Bertz CT molecular complexity index is 1020. The Kier molecular flexibility index (Phi) is 5.06. The molecule has 4 nitrogen and oxygen atoms in total. The monoisotopic (exact) mass is 411 g/mol. The first kappa shape index (κ1) is 18.9. The van der Waals surface area contributed by atoms with Crippen molar-refractivity contribution in [2.45, 2.75) is 18.4 Å². The van der Waals surface area contributed by atoms with Crippen molar-refractivity contribution < 1.29 is 14.7 Å². The van der Waals surface area contributed by atoms with Gasteiger partial charge in [-0.15, -0.1) is 11.3 Å². The maximum Gasteiger partial charge on any atom is 0.264 e. The molecule has 1 aliphatic rings. The molecule has 1 amide bonds. The minimum absolute atomic E-state index is 0.262. The highest BCUT2D eigenvalue weighted by Gasteiger charge is 2.51. The van der Waals surface area contributed by atoms with E-state index in [1.165, 1.54) is 11.3 Å². The topological polar surface area (TPSA) is 57.6 Å². The van der Waals surface area contributed by atoms with Gasteiger partial charge in [-0.3, -0.25) is 9.59 Å². The molecule has 0 saturated carbocycles. The van der Waals surface area contributed by atoms with Gasteiger partial charge in [-0.1, -0.05) is 48.0 Å². The Morgan fingerprint density at radius 2 is 1.89 bits per heavy atom. The van der Waals surface area contributed by atoms with E-state index < -0.39 is 11.5 Å². The number of carbonyl (C=O) groups is 2. The van der Waals surface area contributed by atoms with Crippen molar-refractivity contribution in [1.29, 1.82) is 0 Å². The van der Waals surface area contributed by atoms with Crippen molar-refractivity contribution in [3.05, 3.63) is 87.1 Å². The fraction of sp³-hybridized carbons (Fsp3) is 0.182. The number of thiophene rings is 1. The molecule has 0 saturated heterocycles. The Balaban J connectivity index is 1.65. The Morgan fingerprint density at radius 3 is 2.61 bits per heavy atom. The van der Waals surface area contributed by atoms with Crippen molar-refractivity contribution >= 4 is 40.3 Å². The molecule has 28 heavy (non-hydrogen) atoms. The smallest absolute Gasteiger partial charge is 0.264 e. The van der Waals surface area contributed by atoms with Crippen molar-refractivity contribution in [3.63, 3.8) is 0 Å². The molecule has 1 atom stereocenters. The summed E-state index contributed by atoms with van der Waals surface area (Å²) in [5.74, 6) is -0.743. The number of halogens is 1. The second kappa shape index (κ2) is 7.51. The average Bonchev–Trinajstić information content (AvgIpc) is 3.30. The Labute approximate surface area is 172 Å². The summed E-state index contributed by atoms with van der Waals surface area (Å²) < 4.78 is 0. The highest BCUT2D eigenvalue weighted by Crippen LogP contribution is 2.44. The van der Waals surface area contributed by atoms with Crippen molar-refractivity contribution in [3.8, 4) is 0 Å². The fourth-order valence-electron chi connectivity index (χ4n) is 3.56. The normalized spacial score (nSPS) is 18.4. The molecule has 4 rings (SSSR count). The number of aliphatic hydroxyl groups is 1. The number of hydrogen-bond donors (Lipinski definition) is 1. The van der Waals surface area contributed by atoms with Gasteiger partial charge >= 0.3 is 0 Å². The molecule has 0 fully saturated rings. The van der Waals surface area contributed by atoms with E-state index in [-0.39, 0.29) is 12.2 Å². The van der Waals surface area contributed by atoms with Crippen LogP contribution < -0.4 is 4.90 Å². The first-order valence-electron chi connectivity index (χ1n) is 8.94. The Morgan fingerprint density at radius 1 is 1.11 bits per heavy atom. The minimum Gasteiger partial charge on any atom is -0.375 e. The van der Waals surface area contributed by atoms with E-state index in [1.807, 2.05) is 30.3 Å². The van der Waals surface area contributed by atoms with Gasteiger partial charge < -0.3 is 10.0 Å². The van der Waals surface area contributed by atoms with Crippen LogP contribution in [0.15, 0.2) is 66.0 Å². The molecular weight excluding hydrogens is 394 g/mol. The molecule has 3 aromatic rings. The number of amides is 1. The number of carbonyl (C=O) groups excluding carboxylic acids is 2. The Hall–Kier alpha value is -2.47. The van der Waals surface area contributed by atoms with Crippen LogP contribution in [0.25, 0.3) is 0 Å². The second-order valence-electron chi connectivity index (χ2n) is 6.79. The van der Waals surface area contributed by atoms with Gasteiger partial charge in [0.1, 0.15) is 0 Å². The third kappa shape index (κ3) is 3.37. The summed E-state index contributed by atoms with van der Waals surface area (Å²) in [6, 6.07) is 18.3. The standard InChI is InChI=1S/C22H18ClNO3S/c23-16-8-9-18-17(13-16)22(27,14-19(25)20-7-4-12-28-20)21(26)24(18)11-10-15-5-2-1-3-6-15/h1-9,12-13,27H,10-11,14H2. The van der Waals surface area contributed by atoms with Crippen LogP contribution in [0.4, 0.5) is 5.69 Å². The summed E-state index contributed by atoms with van der Waals surface area (Å²) in [5, 5.41) is 13.5. The van der Waals surface area contributed by atoms with E-state index >= 15 is 0 Å². The molecule has 142 valence electrons. The third-order valence-electron chi connectivity index (χ3n) is 4.97. The zero-order valence-corrected chi connectivity index (χ0v) is 16.5. The van der Waals surface area contributed by atoms with Crippen molar-refractivity contribution in [2.75, 3.05) is 11.4 Å². The quantitative estimate of drug-likeness (QED) is 0.609.